The summed E-state index contributed by atoms with van der Waals surface area (Å²) in [5.41, 5.74) is 1.88. The highest BCUT2D eigenvalue weighted by Crippen LogP contribution is 2.27. The third kappa shape index (κ3) is 2.02. The van der Waals surface area contributed by atoms with Crippen LogP contribution < -0.4 is 4.72 Å². The van der Waals surface area contributed by atoms with E-state index in [1.807, 2.05) is 35.1 Å². The third-order valence-electron chi connectivity index (χ3n) is 3.07. The first-order valence-electron chi connectivity index (χ1n) is 5.81. The minimum Gasteiger partial charge on any atom is -0.268 e. The predicted octanol–water partition coefficient (Wildman–Crippen LogP) is 1.71. The summed E-state index contributed by atoms with van der Waals surface area (Å²) in [5.74, 6) is -0.551. The zero-order valence-corrected chi connectivity index (χ0v) is 10.8. The van der Waals surface area contributed by atoms with Crippen molar-refractivity contribution < 1.29 is 13.2 Å². The molecular formula is C14H11NO3S. The Hall–Kier alpha value is -2.14. The molecule has 1 heterocycles. The van der Waals surface area contributed by atoms with Gasteiger partial charge in [-0.2, -0.15) is 0 Å². The van der Waals surface area contributed by atoms with Gasteiger partial charge in [0.25, 0.3) is 15.9 Å². The average molecular weight is 273 g/mol. The molecule has 0 bridgehead atoms. The molecule has 19 heavy (non-hydrogen) atoms. The molecule has 1 aliphatic heterocycles. The zero-order valence-electron chi connectivity index (χ0n) is 9.96. The first-order chi connectivity index (χ1) is 9.08. The lowest BCUT2D eigenvalue weighted by molar-refractivity contribution is 0.0985. The van der Waals surface area contributed by atoms with Gasteiger partial charge in [-0.05, 0) is 23.6 Å². The highest BCUT2D eigenvalue weighted by atomic mass is 32.2. The van der Waals surface area contributed by atoms with Crippen LogP contribution in [0.3, 0.4) is 0 Å². The van der Waals surface area contributed by atoms with Crippen LogP contribution in [-0.2, 0) is 16.4 Å². The summed E-state index contributed by atoms with van der Waals surface area (Å²) in [5, 5.41) is 0. The molecule has 3 rings (SSSR count). The van der Waals surface area contributed by atoms with E-state index in [1.54, 1.807) is 12.1 Å². The fourth-order valence-corrected chi connectivity index (χ4v) is 3.66. The monoisotopic (exact) mass is 273 g/mol. The van der Waals surface area contributed by atoms with Crippen molar-refractivity contribution in [3.8, 4) is 0 Å². The lowest BCUT2D eigenvalue weighted by atomic mass is 10.0. The Morgan fingerprint density at radius 1 is 0.947 bits per heavy atom. The molecule has 1 aliphatic rings. The van der Waals surface area contributed by atoms with Gasteiger partial charge in [0.1, 0.15) is 4.90 Å². The summed E-state index contributed by atoms with van der Waals surface area (Å²) in [6.07, 6.45) is 0.484. The summed E-state index contributed by atoms with van der Waals surface area (Å²) in [6, 6.07) is 14.5. The maximum atomic E-state index is 11.9. The normalized spacial score (nSPS) is 15.9. The molecular weight excluding hydrogens is 262 g/mol. The van der Waals surface area contributed by atoms with E-state index in [9.17, 15) is 13.2 Å². The molecule has 1 amide bonds. The van der Waals surface area contributed by atoms with E-state index in [1.165, 1.54) is 6.07 Å². The van der Waals surface area contributed by atoms with Gasteiger partial charge in [-0.15, -0.1) is 0 Å². The molecule has 0 radical (unpaired) electrons. The van der Waals surface area contributed by atoms with Crippen molar-refractivity contribution in [3.05, 3.63) is 65.2 Å². The van der Waals surface area contributed by atoms with Crippen molar-refractivity contribution in [2.45, 2.75) is 11.3 Å². The first-order valence-corrected chi connectivity index (χ1v) is 7.29. The molecule has 0 atom stereocenters. The number of fused-ring (bicyclic) bond motifs is 1. The lowest BCUT2D eigenvalue weighted by Crippen LogP contribution is -2.21. The van der Waals surface area contributed by atoms with Crippen LogP contribution >= 0.6 is 0 Å². The molecule has 5 heteroatoms. The summed E-state index contributed by atoms with van der Waals surface area (Å²) in [4.78, 5) is 11.7. The summed E-state index contributed by atoms with van der Waals surface area (Å²) in [7, 11) is -3.71. The quantitative estimate of drug-likeness (QED) is 0.906. The van der Waals surface area contributed by atoms with E-state index < -0.39 is 15.9 Å². The van der Waals surface area contributed by atoms with Gasteiger partial charge in [-0.3, -0.25) is 4.79 Å². The van der Waals surface area contributed by atoms with E-state index in [4.69, 9.17) is 0 Å². The van der Waals surface area contributed by atoms with Crippen LogP contribution in [0.15, 0.2) is 53.4 Å². The van der Waals surface area contributed by atoms with Gasteiger partial charge in [-0.1, -0.05) is 42.5 Å². The van der Waals surface area contributed by atoms with Crippen molar-refractivity contribution >= 4 is 15.9 Å². The second-order valence-electron chi connectivity index (χ2n) is 4.39. The molecule has 4 nitrogen and oxygen atoms in total. The summed E-state index contributed by atoms with van der Waals surface area (Å²) in [6.45, 7) is 0. The molecule has 1 N–H and O–H groups in total. The van der Waals surface area contributed by atoms with Crippen LogP contribution in [0.4, 0.5) is 0 Å². The molecule has 0 aromatic heterocycles. The Kier molecular flexibility index (Phi) is 2.64. The molecule has 0 fully saturated rings. The largest absolute Gasteiger partial charge is 0.268 e. The number of hydrogen-bond acceptors (Lipinski definition) is 3. The third-order valence-corrected chi connectivity index (χ3v) is 4.55. The van der Waals surface area contributed by atoms with Crippen LogP contribution in [-0.4, -0.2) is 14.3 Å². The number of rotatable bonds is 2. The fourth-order valence-electron chi connectivity index (χ4n) is 2.26. The molecule has 0 saturated carbocycles. The molecule has 2 aromatic rings. The van der Waals surface area contributed by atoms with E-state index >= 15 is 0 Å². The number of hydrogen-bond donors (Lipinski definition) is 1. The van der Waals surface area contributed by atoms with Crippen molar-refractivity contribution in [2.24, 2.45) is 0 Å². The highest BCUT2D eigenvalue weighted by Gasteiger charge is 2.34. The number of sulfonamides is 1. The average Bonchev–Trinajstić information content (AvgIpc) is 2.62. The minimum atomic E-state index is -3.71. The van der Waals surface area contributed by atoms with Gasteiger partial charge in [0.05, 0.1) is 5.56 Å². The van der Waals surface area contributed by atoms with Crippen molar-refractivity contribution in [1.29, 1.82) is 0 Å². The molecule has 96 valence electrons. The summed E-state index contributed by atoms with van der Waals surface area (Å²) >= 11 is 0. The Morgan fingerprint density at radius 3 is 2.42 bits per heavy atom. The van der Waals surface area contributed by atoms with E-state index in [0.717, 1.165) is 5.56 Å². The number of carbonyl (C=O) groups excluding carboxylic acids is 1. The summed E-state index contributed by atoms with van der Waals surface area (Å²) < 4.78 is 25.9. The molecule has 2 aromatic carbocycles. The number of carbonyl (C=O) groups is 1. The Labute approximate surface area is 111 Å². The number of amides is 1. The molecule has 0 aliphatic carbocycles. The van der Waals surface area contributed by atoms with Gasteiger partial charge in [0, 0.05) is 0 Å². The number of nitrogens with one attached hydrogen (secondary N) is 1. The van der Waals surface area contributed by atoms with E-state index in [0.29, 0.717) is 12.0 Å². The van der Waals surface area contributed by atoms with E-state index in [2.05, 4.69) is 0 Å². The SMILES string of the molecule is O=C1NS(=O)(=O)c2c(Cc3ccccc3)cccc21. The molecule has 0 saturated heterocycles. The smallest absolute Gasteiger partial charge is 0.266 e. The second-order valence-corrected chi connectivity index (χ2v) is 6.01. The maximum Gasteiger partial charge on any atom is 0.266 e. The van der Waals surface area contributed by atoms with Crippen LogP contribution in [0, 0.1) is 0 Å². The fraction of sp³-hybridized carbons (Fsp3) is 0.0714. The second kappa shape index (κ2) is 4.20. The van der Waals surface area contributed by atoms with Gasteiger partial charge < -0.3 is 0 Å². The number of benzene rings is 2. The predicted molar refractivity (Wildman–Crippen MR) is 70.3 cm³/mol. The van der Waals surface area contributed by atoms with Crippen LogP contribution in [0.5, 0.6) is 0 Å². The minimum absolute atomic E-state index is 0.115. The molecule has 0 unspecified atom stereocenters. The van der Waals surface area contributed by atoms with Crippen molar-refractivity contribution in [3.63, 3.8) is 0 Å². The van der Waals surface area contributed by atoms with Crippen molar-refractivity contribution in [2.75, 3.05) is 0 Å². The maximum absolute atomic E-state index is 11.9. The van der Waals surface area contributed by atoms with Gasteiger partial charge in [0.15, 0.2) is 0 Å². The highest BCUT2D eigenvalue weighted by molar-refractivity contribution is 7.90. The van der Waals surface area contributed by atoms with Crippen LogP contribution in [0.1, 0.15) is 21.5 Å². The zero-order chi connectivity index (χ0) is 13.5. The Bertz CT molecular complexity index is 752. The first kappa shape index (κ1) is 11.9. The molecule has 0 spiro atoms. The lowest BCUT2D eigenvalue weighted by Gasteiger charge is -2.06. The van der Waals surface area contributed by atoms with Crippen LogP contribution in [0.2, 0.25) is 0 Å². The van der Waals surface area contributed by atoms with E-state index in [-0.39, 0.29) is 10.5 Å². The standard InChI is InChI=1S/C14H11NO3S/c16-14-12-8-4-7-11(13(12)19(17,18)15-14)9-10-5-2-1-3-6-10/h1-8H,9H2,(H,15,16). The Balaban J connectivity index is 2.13. The van der Waals surface area contributed by atoms with Gasteiger partial charge >= 0.3 is 0 Å². The van der Waals surface area contributed by atoms with Crippen LogP contribution in [0.25, 0.3) is 0 Å². The van der Waals surface area contributed by atoms with Gasteiger partial charge in [-0.25, -0.2) is 13.1 Å². The van der Waals surface area contributed by atoms with Gasteiger partial charge in [0.2, 0.25) is 0 Å². The Morgan fingerprint density at radius 2 is 1.68 bits per heavy atom. The van der Waals surface area contributed by atoms with Crippen molar-refractivity contribution in [1.82, 2.24) is 4.72 Å². The topological polar surface area (TPSA) is 63.2 Å².